The van der Waals surface area contributed by atoms with E-state index < -0.39 is 23.3 Å². The summed E-state index contributed by atoms with van der Waals surface area (Å²) in [5.74, 6) is -0.714. The molecule has 7 nitrogen and oxygen atoms in total. The van der Waals surface area contributed by atoms with Crippen LogP contribution in [0.1, 0.15) is 34.3 Å². The maximum atomic E-state index is 13.4. The lowest BCUT2D eigenvalue weighted by molar-refractivity contribution is -0.137. The first-order valence-electron chi connectivity index (χ1n) is 9.78. The van der Waals surface area contributed by atoms with Crippen LogP contribution in [0.25, 0.3) is 0 Å². The molecule has 1 aliphatic carbocycles. The third-order valence-electron chi connectivity index (χ3n) is 5.43. The molecule has 0 radical (unpaired) electrons. The second-order valence-electron chi connectivity index (χ2n) is 7.59. The minimum absolute atomic E-state index is 0.0331. The summed E-state index contributed by atoms with van der Waals surface area (Å²) >= 11 is 0. The Kier molecular flexibility index (Phi) is 5.35. The minimum Gasteiger partial charge on any atom is -0.472 e. The standard InChI is InChI=1S/C21H19F3N4O3/c22-21(23,24)17-9-16(4-1-13(17)10-25)27-6-7-28(20(30)14-5-8-31-12-14)18(11-27)19(29)26-15-2-3-15/h1,4-5,8-9,12,15,18H,2-3,6-7,11H2,(H,26,29). The highest BCUT2D eigenvalue weighted by Gasteiger charge is 2.39. The molecule has 2 aliphatic rings. The van der Waals surface area contributed by atoms with Crippen molar-refractivity contribution in [1.82, 2.24) is 10.2 Å². The summed E-state index contributed by atoms with van der Waals surface area (Å²) in [6.45, 7) is 0.416. The van der Waals surface area contributed by atoms with Gasteiger partial charge in [-0.05, 0) is 37.1 Å². The molecular weight excluding hydrogens is 413 g/mol. The highest BCUT2D eigenvalue weighted by Crippen LogP contribution is 2.35. The normalized spacial score (nSPS) is 19.1. The van der Waals surface area contributed by atoms with Crippen molar-refractivity contribution in [3.8, 4) is 6.07 Å². The van der Waals surface area contributed by atoms with Crippen LogP contribution in [0.15, 0.2) is 41.2 Å². The third-order valence-corrected chi connectivity index (χ3v) is 5.43. The number of hydrogen-bond acceptors (Lipinski definition) is 5. The van der Waals surface area contributed by atoms with Gasteiger partial charge in [0.15, 0.2) is 0 Å². The molecule has 1 aliphatic heterocycles. The number of rotatable bonds is 4. The van der Waals surface area contributed by atoms with E-state index in [0.29, 0.717) is 5.56 Å². The van der Waals surface area contributed by atoms with E-state index >= 15 is 0 Å². The van der Waals surface area contributed by atoms with Gasteiger partial charge < -0.3 is 19.5 Å². The highest BCUT2D eigenvalue weighted by molar-refractivity contribution is 5.98. The number of carbonyl (C=O) groups excluding carboxylic acids is 2. The molecule has 31 heavy (non-hydrogen) atoms. The van der Waals surface area contributed by atoms with Gasteiger partial charge in [0, 0.05) is 31.4 Å². The Labute approximate surface area is 176 Å². The number of halogens is 3. The van der Waals surface area contributed by atoms with Crippen LogP contribution < -0.4 is 10.2 Å². The van der Waals surface area contributed by atoms with Crippen LogP contribution in [0.5, 0.6) is 0 Å². The number of piperazine rings is 1. The topological polar surface area (TPSA) is 89.6 Å². The number of alkyl halides is 3. The van der Waals surface area contributed by atoms with Gasteiger partial charge in [-0.2, -0.15) is 18.4 Å². The highest BCUT2D eigenvalue weighted by atomic mass is 19.4. The Morgan fingerprint density at radius 3 is 2.58 bits per heavy atom. The van der Waals surface area contributed by atoms with Crippen LogP contribution in [-0.2, 0) is 11.0 Å². The molecule has 1 saturated carbocycles. The molecule has 1 atom stereocenters. The van der Waals surface area contributed by atoms with Crippen LogP contribution in [0.3, 0.4) is 0 Å². The molecule has 0 spiro atoms. The quantitative estimate of drug-likeness (QED) is 0.803. The number of hydrogen-bond donors (Lipinski definition) is 1. The molecule has 2 aromatic rings. The number of nitrogens with zero attached hydrogens (tertiary/aromatic N) is 3. The molecular formula is C21H19F3N4O3. The van der Waals surface area contributed by atoms with Gasteiger partial charge in [0.05, 0.1) is 29.0 Å². The maximum Gasteiger partial charge on any atom is 0.417 e. The number of anilines is 1. The summed E-state index contributed by atoms with van der Waals surface area (Å²) in [5, 5.41) is 11.9. The molecule has 1 aromatic heterocycles. The summed E-state index contributed by atoms with van der Waals surface area (Å²) in [7, 11) is 0. The molecule has 2 fully saturated rings. The van der Waals surface area contributed by atoms with Gasteiger partial charge in [0.25, 0.3) is 5.91 Å². The molecule has 1 saturated heterocycles. The van der Waals surface area contributed by atoms with E-state index in [-0.39, 0.29) is 43.2 Å². The van der Waals surface area contributed by atoms with E-state index in [1.165, 1.54) is 29.6 Å². The Bertz CT molecular complexity index is 1030. The Hall–Kier alpha value is -3.48. The molecule has 1 unspecified atom stereocenters. The predicted octanol–water partition coefficient (Wildman–Crippen LogP) is 2.78. The van der Waals surface area contributed by atoms with Crippen molar-refractivity contribution in [2.24, 2.45) is 0 Å². The third kappa shape index (κ3) is 4.35. The van der Waals surface area contributed by atoms with E-state index in [9.17, 15) is 22.8 Å². The molecule has 10 heteroatoms. The zero-order valence-corrected chi connectivity index (χ0v) is 16.4. The zero-order valence-electron chi connectivity index (χ0n) is 16.4. The molecule has 2 heterocycles. The van der Waals surface area contributed by atoms with E-state index in [2.05, 4.69) is 5.32 Å². The Balaban J connectivity index is 1.61. The lowest BCUT2D eigenvalue weighted by Gasteiger charge is -2.41. The number of amides is 2. The van der Waals surface area contributed by atoms with E-state index in [0.717, 1.165) is 25.0 Å². The molecule has 1 aromatic carbocycles. The average molecular weight is 432 g/mol. The van der Waals surface area contributed by atoms with Gasteiger partial charge in [0.1, 0.15) is 12.3 Å². The number of nitriles is 1. The van der Waals surface area contributed by atoms with Gasteiger partial charge in [0.2, 0.25) is 5.91 Å². The lowest BCUT2D eigenvalue weighted by Crippen LogP contribution is -2.61. The monoisotopic (exact) mass is 432 g/mol. The minimum atomic E-state index is -4.68. The van der Waals surface area contributed by atoms with E-state index in [4.69, 9.17) is 9.68 Å². The SMILES string of the molecule is N#Cc1ccc(N2CCN(C(=O)c3ccoc3)C(C(=O)NC3CC3)C2)cc1C(F)(F)F. The molecule has 162 valence electrons. The van der Waals surface area contributed by atoms with Gasteiger partial charge in [-0.15, -0.1) is 0 Å². The molecule has 2 amide bonds. The second kappa shape index (κ2) is 7.98. The smallest absolute Gasteiger partial charge is 0.417 e. The van der Waals surface area contributed by atoms with Crippen molar-refractivity contribution in [3.63, 3.8) is 0 Å². The predicted molar refractivity (Wildman–Crippen MR) is 103 cm³/mol. The van der Waals surface area contributed by atoms with Crippen LogP contribution in [0.4, 0.5) is 18.9 Å². The van der Waals surface area contributed by atoms with Crippen molar-refractivity contribution < 1.29 is 27.2 Å². The molecule has 1 N–H and O–H groups in total. The van der Waals surface area contributed by atoms with Crippen LogP contribution in [-0.4, -0.2) is 48.4 Å². The number of carbonyl (C=O) groups is 2. The number of nitrogens with one attached hydrogen (secondary N) is 1. The summed E-state index contributed by atoms with van der Waals surface area (Å²) < 4.78 is 45.1. The fraction of sp³-hybridized carbons (Fsp3) is 0.381. The summed E-state index contributed by atoms with van der Waals surface area (Å²) in [4.78, 5) is 28.8. The fourth-order valence-corrected chi connectivity index (χ4v) is 3.62. The Morgan fingerprint density at radius 2 is 1.97 bits per heavy atom. The van der Waals surface area contributed by atoms with Crippen LogP contribution >= 0.6 is 0 Å². The second-order valence-corrected chi connectivity index (χ2v) is 7.59. The van der Waals surface area contributed by atoms with Gasteiger partial charge in [-0.3, -0.25) is 9.59 Å². The summed E-state index contributed by atoms with van der Waals surface area (Å²) in [6.07, 6.45) is -0.299. The van der Waals surface area contributed by atoms with Crippen molar-refractivity contribution >= 4 is 17.5 Å². The van der Waals surface area contributed by atoms with Crippen molar-refractivity contribution in [2.75, 3.05) is 24.5 Å². The Morgan fingerprint density at radius 1 is 1.19 bits per heavy atom. The van der Waals surface area contributed by atoms with Gasteiger partial charge in [-0.25, -0.2) is 0 Å². The largest absolute Gasteiger partial charge is 0.472 e. The molecule has 4 rings (SSSR count). The zero-order chi connectivity index (χ0) is 22.2. The van der Waals surface area contributed by atoms with Gasteiger partial charge >= 0.3 is 6.18 Å². The van der Waals surface area contributed by atoms with E-state index in [1.807, 2.05) is 0 Å². The van der Waals surface area contributed by atoms with Crippen LogP contribution in [0, 0.1) is 11.3 Å². The number of furan rings is 1. The average Bonchev–Trinajstić information content (AvgIpc) is 3.39. The first-order valence-corrected chi connectivity index (χ1v) is 9.78. The first kappa shape index (κ1) is 20.8. The van der Waals surface area contributed by atoms with Crippen molar-refractivity contribution in [3.05, 3.63) is 53.5 Å². The van der Waals surface area contributed by atoms with Crippen molar-refractivity contribution in [2.45, 2.75) is 31.1 Å². The maximum absolute atomic E-state index is 13.4. The number of benzene rings is 1. The van der Waals surface area contributed by atoms with Crippen LogP contribution in [0.2, 0.25) is 0 Å². The van der Waals surface area contributed by atoms with Gasteiger partial charge in [-0.1, -0.05) is 0 Å². The first-order chi connectivity index (χ1) is 14.8. The summed E-state index contributed by atoms with van der Waals surface area (Å²) in [5.41, 5.74) is -0.946. The van der Waals surface area contributed by atoms with Crippen molar-refractivity contribution in [1.29, 1.82) is 5.26 Å². The fourth-order valence-electron chi connectivity index (χ4n) is 3.62. The lowest BCUT2D eigenvalue weighted by atomic mass is 10.0. The molecule has 0 bridgehead atoms. The summed E-state index contributed by atoms with van der Waals surface area (Å²) in [6, 6.07) is 5.73. The van der Waals surface area contributed by atoms with E-state index in [1.54, 1.807) is 11.0 Å².